The number of rotatable bonds is 7. The van der Waals surface area contributed by atoms with Gasteiger partial charge in [-0.1, -0.05) is 45.9 Å². The minimum atomic E-state index is -0.476. The average Bonchev–Trinajstić information content (AvgIpc) is 2.44. The minimum Gasteiger partial charge on any atom is -0.481 e. The van der Waals surface area contributed by atoms with Crippen LogP contribution in [0.4, 0.5) is 0 Å². The number of para-hydroxylation sites is 1. The van der Waals surface area contributed by atoms with Gasteiger partial charge in [0.05, 0.1) is 0 Å². The van der Waals surface area contributed by atoms with Gasteiger partial charge in [0, 0.05) is 6.04 Å². The molecule has 0 saturated heterocycles. The molecule has 0 bridgehead atoms. The molecule has 1 rings (SSSR count). The first-order chi connectivity index (χ1) is 9.49. The van der Waals surface area contributed by atoms with Gasteiger partial charge in [-0.3, -0.25) is 4.79 Å². The zero-order valence-corrected chi connectivity index (χ0v) is 13.3. The summed E-state index contributed by atoms with van der Waals surface area (Å²) >= 11 is 0. The second-order valence-electron chi connectivity index (χ2n) is 5.47. The first-order valence-electron chi connectivity index (χ1n) is 7.55. The van der Waals surface area contributed by atoms with Crippen molar-refractivity contribution in [2.75, 3.05) is 0 Å². The van der Waals surface area contributed by atoms with Gasteiger partial charge in [-0.2, -0.15) is 0 Å². The number of ether oxygens (including phenoxy) is 1. The summed E-state index contributed by atoms with van der Waals surface area (Å²) in [6, 6.07) is 8.14. The van der Waals surface area contributed by atoms with Crippen LogP contribution in [0.15, 0.2) is 24.3 Å². The first-order valence-corrected chi connectivity index (χ1v) is 7.55. The van der Waals surface area contributed by atoms with Gasteiger partial charge >= 0.3 is 0 Å². The van der Waals surface area contributed by atoms with Crippen molar-refractivity contribution >= 4 is 5.91 Å². The molecular weight excluding hydrogens is 250 g/mol. The number of carbonyl (C=O) groups excluding carboxylic acids is 1. The van der Waals surface area contributed by atoms with Gasteiger partial charge < -0.3 is 10.1 Å². The standard InChI is InChI=1S/C17H27NO2/c1-6-14(7-2)18-17(19)13(5)20-16-11-9-8-10-15(16)12(3)4/h8-14H,6-7H2,1-5H3,(H,18,19). The van der Waals surface area contributed by atoms with E-state index in [0.717, 1.165) is 24.2 Å². The molecule has 0 fully saturated rings. The summed E-state index contributed by atoms with van der Waals surface area (Å²) in [5.74, 6) is 1.13. The highest BCUT2D eigenvalue weighted by molar-refractivity contribution is 5.81. The van der Waals surface area contributed by atoms with Crippen LogP contribution >= 0.6 is 0 Å². The third-order valence-corrected chi connectivity index (χ3v) is 3.55. The Kier molecular flexibility index (Phi) is 6.56. The summed E-state index contributed by atoms with van der Waals surface area (Å²) in [6.45, 7) is 10.2. The lowest BCUT2D eigenvalue weighted by atomic mass is 10.0. The fraction of sp³-hybridized carbons (Fsp3) is 0.588. The molecule has 0 aliphatic rings. The third-order valence-electron chi connectivity index (χ3n) is 3.55. The summed E-state index contributed by atoms with van der Waals surface area (Å²) in [4.78, 5) is 12.1. The van der Waals surface area contributed by atoms with Crippen LogP contribution in [-0.4, -0.2) is 18.1 Å². The van der Waals surface area contributed by atoms with E-state index in [1.54, 1.807) is 6.92 Å². The molecule has 1 aromatic rings. The Balaban J connectivity index is 2.70. The van der Waals surface area contributed by atoms with E-state index < -0.39 is 6.10 Å². The zero-order valence-electron chi connectivity index (χ0n) is 13.3. The molecule has 1 unspecified atom stereocenters. The maximum Gasteiger partial charge on any atom is 0.260 e. The minimum absolute atomic E-state index is 0.0442. The van der Waals surface area contributed by atoms with Crippen LogP contribution in [0.25, 0.3) is 0 Å². The smallest absolute Gasteiger partial charge is 0.260 e. The molecular formula is C17H27NO2. The van der Waals surface area contributed by atoms with Crippen LogP contribution in [0, 0.1) is 0 Å². The van der Waals surface area contributed by atoms with Crippen LogP contribution in [-0.2, 0) is 4.79 Å². The van der Waals surface area contributed by atoms with Gasteiger partial charge in [-0.15, -0.1) is 0 Å². The van der Waals surface area contributed by atoms with E-state index in [2.05, 4.69) is 33.0 Å². The molecule has 0 aromatic heterocycles. The van der Waals surface area contributed by atoms with Gasteiger partial charge in [0.2, 0.25) is 0 Å². The second kappa shape index (κ2) is 7.93. The van der Waals surface area contributed by atoms with Gasteiger partial charge in [0.1, 0.15) is 5.75 Å². The summed E-state index contributed by atoms with van der Waals surface area (Å²) in [5, 5.41) is 3.02. The molecule has 0 aliphatic carbocycles. The van der Waals surface area contributed by atoms with E-state index in [-0.39, 0.29) is 11.9 Å². The van der Waals surface area contributed by atoms with E-state index >= 15 is 0 Å². The Morgan fingerprint density at radius 1 is 1.15 bits per heavy atom. The molecule has 0 aliphatic heterocycles. The molecule has 112 valence electrons. The predicted molar refractivity (Wildman–Crippen MR) is 83.1 cm³/mol. The molecule has 0 saturated carbocycles. The molecule has 20 heavy (non-hydrogen) atoms. The van der Waals surface area contributed by atoms with Gasteiger partial charge in [-0.05, 0) is 37.3 Å². The molecule has 0 heterocycles. The zero-order chi connectivity index (χ0) is 15.1. The number of hydrogen-bond acceptors (Lipinski definition) is 2. The van der Waals surface area contributed by atoms with Crippen LogP contribution in [0.1, 0.15) is 58.9 Å². The van der Waals surface area contributed by atoms with Crippen molar-refractivity contribution in [2.45, 2.75) is 65.5 Å². The Morgan fingerprint density at radius 3 is 2.30 bits per heavy atom. The van der Waals surface area contributed by atoms with Crippen molar-refractivity contribution in [3.63, 3.8) is 0 Å². The monoisotopic (exact) mass is 277 g/mol. The lowest BCUT2D eigenvalue weighted by Crippen LogP contribution is -2.42. The fourth-order valence-corrected chi connectivity index (χ4v) is 2.12. The lowest BCUT2D eigenvalue weighted by molar-refractivity contribution is -0.128. The highest BCUT2D eigenvalue weighted by Crippen LogP contribution is 2.26. The van der Waals surface area contributed by atoms with Crippen LogP contribution in [0.5, 0.6) is 5.75 Å². The molecule has 1 N–H and O–H groups in total. The highest BCUT2D eigenvalue weighted by Gasteiger charge is 2.19. The summed E-state index contributed by atoms with van der Waals surface area (Å²) in [7, 11) is 0. The van der Waals surface area contributed by atoms with Crippen LogP contribution in [0.3, 0.4) is 0 Å². The van der Waals surface area contributed by atoms with Crippen molar-refractivity contribution in [1.29, 1.82) is 0 Å². The van der Waals surface area contributed by atoms with E-state index in [9.17, 15) is 4.79 Å². The third kappa shape index (κ3) is 4.55. The number of amides is 1. The normalized spacial score (nSPS) is 12.6. The highest BCUT2D eigenvalue weighted by atomic mass is 16.5. The summed E-state index contributed by atoms with van der Waals surface area (Å²) in [5.41, 5.74) is 1.13. The quantitative estimate of drug-likeness (QED) is 0.821. The van der Waals surface area contributed by atoms with Crippen molar-refractivity contribution in [1.82, 2.24) is 5.32 Å². The van der Waals surface area contributed by atoms with Crippen molar-refractivity contribution in [3.8, 4) is 5.75 Å². The second-order valence-corrected chi connectivity index (χ2v) is 5.47. The Hall–Kier alpha value is -1.51. The molecule has 1 amide bonds. The predicted octanol–water partition coefficient (Wildman–Crippen LogP) is 3.88. The van der Waals surface area contributed by atoms with Gasteiger partial charge in [0.25, 0.3) is 5.91 Å². The summed E-state index contributed by atoms with van der Waals surface area (Å²) < 4.78 is 5.85. The van der Waals surface area contributed by atoms with Crippen LogP contribution < -0.4 is 10.1 Å². The summed E-state index contributed by atoms with van der Waals surface area (Å²) in [6.07, 6.45) is 1.41. The van der Waals surface area contributed by atoms with Gasteiger partial charge in [0.15, 0.2) is 6.10 Å². The van der Waals surface area contributed by atoms with Crippen LogP contribution in [0.2, 0.25) is 0 Å². The maximum absolute atomic E-state index is 12.1. The Labute approximate surface area is 122 Å². The average molecular weight is 277 g/mol. The van der Waals surface area contributed by atoms with Gasteiger partial charge in [-0.25, -0.2) is 0 Å². The SMILES string of the molecule is CCC(CC)NC(=O)C(C)Oc1ccccc1C(C)C. The molecule has 3 nitrogen and oxygen atoms in total. The van der Waals surface area contributed by atoms with E-state index in [1.165, 1.54) is 0 Å². The largest absolute Gasteiger partial charge is 0.481 e. The Morgan fingerprint density at radius 2 is 1.75 bits per heavy atom. The molecule has 0 spiro atoms. The molecule has 0 radical (unpaired) electrons. The van der Waals surface area contributed by atoms with Crippen molar-refractivity contribution in [3.05, 3.63) is 29.8 Å². The first kappa shape index (κ1) is 16.5. The molecule has 1 aromatic carbocycles. The maximum atomic E-state index is 12.1. The molecule has 3 heteroatoms. The van der Waals surface area contributed by atoms with E-state index in [1.807, 2.05) is 24.3 Å². The molecule has 1 atom stereocenters. The number of nitrogens with one attached hydrogen (secondary N) is 1. The van der Waals surface area contributed by atoms with E-state index in [0.29, 0.717) is 5.92 Å². The number of hydrogen-bond donors (Lipinski definition) is 1. The topological polar surface area (TPSA) is 38.3 Å². The Bertz CT molecular complexity index is 425. The fourth-order valence-electron chi connectivity index (χ4n) is 2.12. The van der Waals surface area contributed by atoms with E-state index in [4.69, 9.17) is 4.74 Å². The number of benzene rings is 1. The lowest BCUT2D eigenvalue weighted by Gasteiger charge is -2.21. The van der Waals surface area contributed by atoms with Crippen molar-refractivity contribution in [2.24, 2.45) is 0 Å². The van der Waals surface area contributed by atoms with Crippen molar-refractivity contribution < 1.29 is 9.53 Å². The number of carbonyl (C=O) groups is 1.